The monoisotopic (exact) mass is 553 g/mol. The second kappa shape index (κ2) is 10.7. The van der Waals surface area contributed by atoms with Gasteiger partial charge in [-0.05, 0) is 55.5 Å². The topological polar surface area (TPSA) is 111 Å². The van der Waals surface area contributed by atoms with E-state index in [4.69, 9.17) is 4.74 Å². The van der Waals surface area contributed by atoms with Gasteiger partial charge in [-0.25, -0.2) is 18.1 Å². The average molecular weight is 554 g/mol. The number of nitrogens with one attached hydrogen (secondary N) is 1. The molecular formula is C22H24BrN3O5S2. The highest BCUT2D eigenvalue weighted by Crippen LogP contribution is 2.32. The highest BCUT2D eigenvalue weighted by atomic mass is 79.9. The Morgan fingerprint density at radius 2 is 1.79 bits per heavy atom. The summed E-state index contributed by atoms with van der Waals surface area (Å²) >= 11 is 4.71. The third-order valence-corrected chi connectivity index (χ3v) is 8.15. The molecule has 8 nitrogen and oxygen atoms in total. The fourth-order valence-electron chi connectivity index (χ4n) is 2.92. The van der Waals surface area contributed by atoms with Crippen molar-refractivity contribution >= 4 is 43.7 Å². The molecule has 1 atom stereocenters. The van der Waals surface area contributed by atoms with Crippen LogP contribution in [0.4, 0.5) is 0 Å². The van der Waals surface area contributed by atoms with Crippen molar-refractivity contribution in [2.24, 2.45) is 7.05 Å². The van der Waals surface area contributed by atoms with Gasteiger partial charge in [0.05, 0.1) is 17.1 Å². The number of imidazole rings is 1. The summed E-state index contributed by atoms with van der Waals surface area (Å²) in [5.74, 6) is 1.36. The van der Waals surface area contributed by atoms with Gasteiger partial charge in [0.25, 0.3) is 0 Å². The molecule has 0 aliphatic heterocycles. The Balaban J connectivity index is 1.66. The molecule has 1 heterocycles. The van der Waals surface area contributed by atoms with E-state index in [1.54, 1.807) is 43.6 Å². The van der Waals surface area contributed by atoms with Gasteiger partial charge >= 0.3 is 5.97 Å². The van der Waals surface area contributed by atoms with Crippen LogP contribution in [0.2, 0.25) is 0 Å². The molecular weight excluding hydrogens is 530 g/mol. The number of aryl methyl sites for hydroxylation is 1. The maximum absolute atomic E-state index is 12.8. The number of aliphatic carboxylic acids is 1. The summed E-state index contributed by atoms with van der Waals surface area (Å²) in [7, 11) is -1.99. The van der Waals surface area contributed by atoms with E-state index in [0.717, 1.165) is 10.3 Å². The van der Waals surface area contributed by atoms with Crippen molar-refractivity contribution in [1.29, 1.82) is 0 Å². The van der Waals surface area contributed by atoms with Crippen LogP contribution in [0.5, 0.6) is 11.5 Å². The van der Waals surface area contributed by atoms with Crippen LogP contribution in [0.25, 0.3) is 0 Å². The average Bonchev–Trinajstić information content (AvgIpc) is 3.17. The van der Waals surface area contributed by atoms with Gasteiger partial charge in [0.15, 0.2) is 0 Å². The third kappa shape index (κ3) is 7.32. The number of rotatable bonds is 11. The molecule has 3 rings (SSSR count). The van der Waals surface area contributed by atoms with Crippen molar-refractivity contribution in [2.75, 3.05) is 6.54 Å². The molecule has 176 valence electrons. The lowest BCUT2D eigenvalue weighted by Crippen LogP contribution is -2.40. The molecule has 3 aromatic rings. The number of carbonyl (C=O) groups is 1. The van der Waals surface area contributed by atoms with Gasteiger partial charge in [-0.15, -0.1) is 11.8 Å². The first-order chi connectivity index (χ1) is 15.6. The molecule has 2 N–H and O–H groups in total. The first-order valence-electron chi connectivity index (χ1n) is 9.91. The molecule has 33 heavy (non-hydrogen) atoms. The maximum Gasteiger partial charge on any atom is 0.304 e. The summed E-state index contributed by atoms with van der Waals surface area (Å²) in [5, 5.41) is 9.35. The molecule has 0 bridgehead atoms. The lowest BCUT2D eigenvalue weighted by Gasteiger charge is -2.27. The second-order valence-electron chi connectivity index (χ2n) is 7.62. The van der Waals surface area contributed by atoms with Gasteiger partial charge in [-0.2, -0.15) is 0 Å². The predicted octanol–water partition coefficient (Wildman–Crippen LogP) is 4.42. The fraction of sp³-hybridized carbons (Fsp3) is 0.273. The largest absolute Gasteiger partial charge is 0.481 e. The number of carboxylic acid groups (broad SMARTS) is 1. The SMILES string of the molecule is Cn1ccnc1CSC(C)(CNS(=O)(=O)c1ccc(Oc2ccc(Br)cc2)cc1)CC(=O)O. The fourth-order valence-corrected chi connectivity index (χ4v) is 5.60. The van der Waals surface area contributed by atoms with Crippen LogP contribution in [0.1, 0.15) is 19.2 Å². The Kier molecular flexibility index (Phi) is 8.22. The van der Waals surface area contributed by atoms with E-state index in [0.29, 0.717) is 17.3 Å². The van der Waals surface area contributed by atoms with Gasteiger partial charge in [-0.1, -0.05) is 15.9 Å². The van der Waals surface area contributed by atoms with Crippen molar-refractivity contribution in [3.63, 3.8) is 0 Å². The molecule has 0 saturated carbocycles. The van der Waals surface area contributed by atoms with Gasteiger partial charge < -0.3 is 14.4 Å². The van der Waals surface area contributed by atoms with Crippen LogP contribution in [0, 0.1) is 0 Å². The van der Waals surface area contributed by atoms with E-state index < -0.39 is 20.7 Å². The number of carboxylic acids is 1. The van der Waals surface area contributed by atoms with Crippen LogP contribution >= 0.6 is 27.7 Å². The zero-order valence-corrected chi connectivity index (χ0v) is 21.3. The van der Waals surface area contributed by atoms with E-state index in [1.165, 1.54) is 23.9 Å². The minimum Gasteiger partial charge on any atom is -0.481 e. The van der Waals surface area contributed by atoms with Crippen molar-refractivity contribution in [1.82, 2.24) is 14.3 Å². The Morgan fingerprint density at radius 3 is 2.33 bits per heavy atom. The molecule has 1 unspecified atom stereocenters. The lowest BCUT2D eigenvalue weighted by atomic mass is 10.1. The quantitative estimate of drug-likeness (QED) is 0.361. The van der Waals surface area contributed by atoms with E-state index in [1.807, 2.05) is 23.7 Å². The number of hydrogen-bond acceptors (Lipinski definition) is 6. The van der Waals surface area contributed by atoms with Gasteiger partial charge in [0.1, 0.15) is 17.3 Å². The lowest BCUT2D eigenvalue weighted by molar-refractivity contribution is -0.137. The highest BCUT2D eigenvalue weighted by molar-refractivity contribution is 9.10. The van der Waals surface area contributed by atoms with Crippen LogP contribution in [-0.2, 0) is 27.6 Å². The van der Waals surface area contributed by atoms with E-state index in [9.17, 15) is 18.3 Å². The van der Waals surface area contributed by atoms with Crippen LogP contribution < -0.4 is 9.46 Å². The number of benzene rings is 2. The summed E-state index contributed by atoms with van der Waals surface area (Å²) in [5.41, 5.74) is 0. The minimum atomic E-state index is -3.84. The number of nitrogens with zero attached hydrogens (tertiary/aromatic N) is 2. The van der Waals surface area contributed by atoms with E-state index in [-0.39, 0.29) is 17.9 Å². The standard InChI is InChI=1S/C22H24BrN3O5S2/c1-22(13-21(27)28,32-14-20-24-11-12-26(20)2)15-25-33(29,30)19-9-7-18(8-10-19)31-17-5-3-16(23)4-6-17/h3-12,25H,13-15H2,1-2H3,(H,27,28). The number of halogens is 1. The molecule has 0 spiro atoms. The minimum absolute atomic E-state index is 0.0478. The molecule has 0 saturated heterocycles. The van der Waals surface area contributed by atoms with Gasteiger partial charge in [-0.3, -0.25) is 4.79 Å². The smallest absolute Gasteiger partial charge is 0.304 e. The normalized spacial score (nSPS) is 13.4. The number of hydrogen-bond donors (Lipinski definition) is 2. The summed E-state index contributed by atoms with van der Waals surface area (Å²) in [6.45, 7) is 1.68. The van der Waals surface area contributed by atoms with Crippen LogP contribution in [0.3, 0.4) is 0 Å². The Labute approximate surface area is 205 Å². The molecule has 0 amide bonds. The molecule has 0 aliphatic rings. The second-order valence-corrected chi connectivity index (χ2v) is 11.9. The molecule has 11 heteroatoms. The Morgan fingerprint density at radius 1 is 1.18 bits per heavy atom. The number of ether oxygens (including phenoxy) is 1. The van der Waals surface area contributed by atoms with Crippen LogP contribution in [-0.4, -0.2) is 40.3 Å². The molecule has 0 aliphatic carbocycles. The summed E-state index contributed by atoms with van der Waals surface area (Å²) < 4.78 is 35.8. The van der Waals surface area contributed by atoms with Crippen LogP contribution in [0.15, 0.2) is 70.3 Å². The van der Waals surface area contributed by atoms with E-state index >= 15 is 0 Å². The zero-order chi connectivity index (χ0) is 24.1. The van der Waals surface area contributed by atoms with Crippen molar-refractivity contribution in [3.8, 4) is 11.5 Å². The summed E-state index contributed by atoms with van der Waals surface area (Å²) in [6.07, 6.45) is 3.26. The third-order valence-electron chi connectivity index (χ3n) is 4.82. The summed E-state index contributed by atoms with van der Waals surface area (Å²) in [4.78, 5) is 15.7. The molecule has 1 aromatic heterocycles. The Hall–Kier alpha value is -2.34. The number of sulfonamides is 1. The first kappa shape index (κ1) is 25.3. The zero-order valence-electron chi connectivity index (χ0n) is 18.1. The van der Waals surface area contributed by atoms with Crippen molar-refractivity contribution in [2.45, 2.75) is 28.7 Å². The predicted molar refractivity (Wildman–Crippen MR) is 131 cm³/mol. The first-order valence-corrected chi connectivity index (χ1v) is 13.2. The van der Waals surface area contributed by atoms with Gasteiger partial charge in [0, 0.05) is 35.2 Å². The summed E-state index contributed by atoms with van der Waals surface area (Å²) in [6, 6.07) is 13.3. The molecule has 0 radical (unpaired) electrons. The number of aromatic nitrogens is 2. The van der Waals surface area contributed by atoms with E-state index in [2.05, 4.69) is 25.6 Å². The van der Waals surface area contributed by atoms with Crippen molar-refractivity contribution in [3.05, 3.63) is 71.2 Å². The van der Waals surface area contributed by atoms with Gasteiger partial charge in [0.2, 0.25) is 10.0 Å². The molecule has 2 aromatic carbocycles. The van der Waals surface area contributed by atoms with Crippen molar-refractivity contribution < 1.29 is 23.1 Å². The number of thioether (sulfide) groups is 1. The maximum atomic E-state index is 12.8. The Bertz CT molecular complexity index is 1200. The highest BCUT2D eigenvalue weighted by Gasteiger charge is 2.31. The molecule has 0 fully saturated rings.